The van der Waals surface area contributed by atoms with Crippen molar-refractivity contribution in [2.75, 3.05) is 0 Å². The lowest BCUT2D eigenvalue weighted by atomic mass is 9.77. The Bertz CT molecular complexity index is 686. The second-order valence-electron chi connectivity index (χ2n) is 8.24. The molecule has 27 heavy (non-hydrogen) atoms. The Labute approximate surface area is 172 Å². The molecule has 0 aliphatic heterocycles. The summed E-state index contributed by atoms with van der Waals surface area (Å²) in [5, 5.41) is 0.844. The van der Waals surface area contributed by atoms with Gasteiger partial charge in [-0.15, -0.1) is 0 Å². The monoisotopic (exact) mass is 384 g/mol. The molecule has 0 saturated heterocycles. The summed E-state index contributed by atoms with van der Waals surface area (Å²) in [6, 6.07) is 15.6. The maximum atomic E-state index is 6.32. The molecular formula is C26H37Cl. The van der Waals surface area contributed by atoms with Crippen LogP contribution in [0.15, 0.2) is 42.5 Å². The molecule has 0 saturated carbocycles. The van der Waals surface area contributed by atoms with Crippen LogP contribution in [0.1, 0.15) is 83.3 Å². The summed E-state index contributed by atoms with van der Waals surface area (Å²) in [6.07, 6.45) is 7.85. The molecule has 0 heterocycles. The number of aryl methyl sites for hydroxylation is 1. The third-order valence-corrected chi connectivity index (χ3v) is 6.65. The van der Waals surface area contributed by atoms with Gasteiger partial charge >= 0.3 is 0 Å². The van der Waals surface area contributed by atoms with Crippen LogP contribution in [0, 0.1) is 18.8 Å². The minimum absolute atomic E-state index is 0.671. The first-order valence-electron chi connectivity index (χ1n) is 10.9. The molecule has 0 aliphatic rings. The largest absolute Gasteiger partial charge is 0.0840 e. The predicted octanol–water partition coefficient (Wildman–Crippen LogP) is 9.05. The number of halogens is 1. The first-order chi connectivity index (χ1) is 13.0. The summed E-state index contributed by atoms with van der Waals surface area (Å²) < 4.78 is 0. The Kier molecular flexibility index (Phi) is 8.90. The van der Waals surface area contributed by atoms with Crippen LogP contribution < -0.4 is 0 Å². The molecule has 1 heteroatoms. The quantitative estimate of drug-likeness (QED) is 0.383. The van der Waals surface area contributed by atoms with Crippen LogP contribution in [-0.4, -0.2) is 0 Å². The molecule has 0 aromatic heterocycles. The SMILES string of the molecule is CCCC(CCC(C)CC)C(CC)c1ccc(-c2ccc(C)c(Cl)c2)cc1. The first kappa shape index (κ1) is 22.0. The van der Waals surface area contributed by atoms with E-state index in [1.807, 2.05) is 6.92 Å². The van der Waals surface area contributed by atoms with Gasteiger partial charge in [0.2, 0.25) is 0 Å². The Hall–Kier alpha value is -1.27. The van der Waals surface area contributed by atoms with Gasteiger partial charge in [-0.2, -0.15) is 0 Å². The maximum Gasteiger partial charge on any atom is 0.0441 e. The molecule has 0 aliphatic carbocycles. The molecule has 0 radical (unpaired) electrons. The number of hydrogen-bond acceptors (Lipinski definition) is 0. The average molecular weight is 385 g/mol. The lowest BCUT2D eigenvalue weighted by molar-refractivity contribution is 0.323. The minimum Gasteiger partial charge on any atom is -0.0840 e. The Balaban J connectivity index is 2.18. The number of benzene rings is 2. The van der Waals surface area contributed by atoms with Gasteiger partial charge in [0.05, 0.1) is 0 Å². The second kappa shape index (κ2) is 10.9. The van der Waals surface area contributed by atoms with Crippen molar-refractivity contribution >= 4 is 11.6 Å². The van der Waals surface area contributed by atoms with E-state index in [2.05, 4.69) is 70.2 Å². The van der Waals surface area contributed by atoms with Crippen molar-refractivity contribution < 1.29 is 0 Å². The third kappa shape index (κ3) is 6.11. The average Bonchev–Trinajstić information content (AvgIpc) is 2.69. The molecule has 2 rings (SSSR count). The highest BCUT2D eigenvalue weighted by Crippen LogP contribution is 2.36. The Morgan fingerprint density at radius 1 is 0.815 bits per heavy atom. The second-order valence-corrected chi connectivity index (χ2v) is 8.65. The van der Waals surface area contributed by atoms with Crippen LogP contribution in [0.4, 0.5) is 0 Å². The molecule has 0 amide bonds. The zero-order valence-corrected chi connectivity index (χ0v) is 18.7. The van der Waals surface area contributed by atoms with Gasteiger partial charge in [0.1, 0.15) is 0 Å². The fraction of sp³-hybridized carbons (Fsp3) is 0.538. The summed E-state index contributed by atoms with van der Waals surface area (Å²) in [4.78, 5) is 0. The van der Waals surface area contributed by atoms with Gasteiger partial charge in [-0.05, 0) is 65.8 Å². The summed E-state index contributed by atoms with van der Waals surface area (Å²) in [7, 11) is 0. The van der Waals surface area contributed by atoms with Gasteiger partial charge in [-0.1, -0.05) is 101 Å². The Morgan fingerprint density at radius 3 is 2.04 bits per heavy atom. The number of hydrogen-bond donors (Lipinski definition) is 0. The lowest BCUT2D eigenvalue weighted by Gasteiger charge is -2.28. The third-order valence-electron chi connectivity index (χ3n) is 6.24. The van der Waals surface area contributed by atoms with E-state index < -0.39 is 0 Å². The van der Waals surface area contributed by atoms with Crippen molar-refractivity contribution in [3.8, 4) is 11.1 Å². The van der Waals surface area contributed by atoms with Gasteiger partial charge < -0.3 is 0 Å². The fourth-order valence-corrected chi connectivity index (χ4v) is 4.34. The van der Waals surface area contributed by atoms with Crippen LogP contribution in [0.5, 0.6) is 0 Å². The lowest BCUT2D eigenvalue weighted by Crippen LogP contribution is -2.14. The molecule has 2 aromatic carbocycles. The van der Waals surface area contributed by atoms with Gasteiger partial charge in [0.25, 0.3) is 0 Å². The number of rotatable bonds is 10. The summed E-state index contributed by atoms with van der Waals surface area (Å²) >= 11 is 6.32. The molecule has 2 aromatic rings. The summed E-state index contributed by atoms with van der Waals surface area (Å²) in [6.45, 7) is 11.4. The molecule has 0 bridgehead atoms. The highest BCUT2D eigenvalue weighted by atomic mass is 35.5. The molecule has 0 spiro atoms. The van der Waals surface area contributed by atoms with Gasteiger partial charge in [0, 0.05) is 5.02 Å². The zero-order chi connectivity index (χ0) is 19.8. The highest BCUT2D eigenvalue weighted by molar-refractivity contribution is 6.31. The van der Waals surface area contributed by atoms with E-state index in [1.54, 1.807) is 0 Å². The van der Waals surface area contributed by atoms with Crippen molar-refractivity contribution in [3.63, 3.8) is 0 Å². The fourth-order valence-electron chi connectivity index (χ4n) is 4.16. The first-order valence-corrected chi connectivity index (χ1v) is 11.2. The smallest absolute Gasteiger partial charge is 0.0441 e. The van der Waals surface area contributed by atoms with E-state index >= 15 is 0 Å². The minimum atomic E-state index is 0.671. The van der Waals surface area contributed by atoms with Gasteiger partial charge in [-0.25, -0.2) is 0 Å². The molecule has 0 fully saturated rings. The highest BCUT2D eigenvalue weighted by Gasteiger charge is 2.21. The van der Waals surface area contributed by atoms with E-state index in [9.17, 15) is 0 Å². The van der Waals surface area contributed by atoms with E-state index in [0.29, 0.717) is 5.92 Å². The van der Waals surface area contributed by atoms with Crippen molar-refractivity contribution in [1.29, 1.82) is 0 Å². The van der Waals surface area contributed by atoms with Gasteiger partial charge in [-0.3, -0.25) is 0 Å². The van der Waals surface area contributed by atoms with Crippen molar-refractivity contribution in [2.45, 2.75) is 79.1 Å². The molecule has 3 atom stereocenters. The molecule has 0 nitrogen and oxygen atoms in total. The van der Waals surface area contributed by atoms with E-state index in [1.165, 1.54) is 55.2 Å². The molecular weight excluding hydrogens is 348 g/mol. The summed E-state index contributed by atoms with van der Waals surface area (Å²) in [5.41, 5.74) is 5.09. The molecule has 0 N–H and O–H groups in total. The van der Waals surface area contributed by atoms with Crippen molar-refractivity contribution in [2.24, 2.45) is 11.8 Å². The Morgan fingerprint density at radius 2 is 1.48 bits per heavy atom. The van der Waals surface area contributed by atoms with Crippen LogP contribution in [0.25, 0.3) is 11.1 Å². The van der Waals surface area contributed by atoms with Crippen LogP contribution in [0.2, 0.25) is 5.02 Å². The molecule has 148 valence electrons. The van der Waals surface area contributed by atoms with E-state index in [0.717, 1.165) is 22.4 Å². The van der Waals surface area contributed by atoms with E-state index in [-0.39, 0.29) is 0 Å². The van der Waals surface area contributed by atoms with Crippen LogP contribution in [-0.2, 0) is 0 Å². The van der Waals surface area contributed by atoms with Crippen molar-refractivity contribution in [3.05, 3.63) is 58.6 Å². The topological polar surface area (TPSA) is 0 Å². The maximum absolute atomic E-state index is 6.32. The van der Waals surface area contributed by atoms with Gasteiger partial charge in [0.15, 0.2) is 0 Å². The van der Waals surface area contributed by atoms with Crippen molar-refractivity contribution in [1.82, 2.24) is 0 Å². The summed E-state index contributed by atoms with van der Waals surface area (Å²) in [5.74, 6) is 2.31. The normalized spacial score (nSPS) is 14.7. The standard InChI is InChI=1S/C26H37Cl/c1-6-9-22(12-10-19(4)7-2)25(8-3)23-16-14-21(15-17-23)24-13-11-20(5)26(27)18-24/h11,13-19,22,25H,6-10,12H2,1-5H3. The zero-order valence-electron chi connectivity index (χ0n) is 17.9. The van der Waals surface area contributed by atoms with Crippen LogP contribution >= 0.6 is 11.6 Å². The van der Waals surface area contributed by atoms with E-state index in [4.69, 9.17) is 11.6 Å². The molecule has 3 unspecified atom stereocenters. The van der Waals surface area contributed by atoms with Crippen LogP contribution in [0.3, 0.4) is 0 Å². The predicted molar refractivity (Wildman–Crippen MR) is 122 cm³/mol.